The second kappa shape index (κ2) is 11.8. The summed E-state index contributed by atoms with van der Waals surface area (Å²) in [5, 5.41) is -0.226. The number of para-hydroxylation sites is 1. The molecule has 2 aromatic heterocycles. The van der Waals surface area contributed by atoms with Crippen LogP contribution in [0.5, 0.6) is 0 Å². The van der Waals surface area contributed by atoms with Gasteiger partial charge in [-0.3, -0.25) is 0 Å². The van der Waals surface area contributed by atoms with Crippen molar-refractivity contribution in [3.8, 4) is 44.8 Å². The van der Waals surface area contributed by atoms with Crippen LogP contribution in [-0.4, -0.2) is 9.13 Å². The average molecular weight is 664 g/mol. The van der Waals surface area contributed by atoms with Gasteiger partial charge in [0.25, 0.3) is 0 Å². The quantitative estimate of drug-likeness (QED) is 0.173. The third-order valence-electron chi connectivity index (χ3n) is 9.26. The van der Waals surface area contributed by atoms with Gasteiger partial charge < -0.3 is 9.13 Å². The highest BCUT2D eigenvalue weighted by atomic mass is 15.0. The lowest BCUT2D eigenvalue weighted by Crippen LogP contribution is -1.94. The lowest BCUT2D eigenvalue weighted by Gasteiger charge is -2.11. The molecule has 0 fully saturated rings. The van der Waals surface area contributed by atoms with Gasteiger partial charge in [-0.2, -0.15) is 0 Å². The summed E-state index contributed by atoms with van der Waals surface area (Å²) in [6.45, 7) is 1.56. The molecular weight excluding hydrogens is 617 g/mol. The van der Waals surface area contributed by atoms with Crippen molar-refractivity contribution in [1.82, 2.24) is 9.13 Å². The summed E-state index contributed by atoms with van der Waals surface area (Å²) < 4.78 is 124. The van der Waals surface area contributed by atoms with Crippen LogP contribution in [0.2, 0.25) is 0 Å². The van der Waals surface area contributed by atoms with Crippen molar-refractivity contribution < 1.29 is 17.8 Å². The highest BCUT2D eigenvalue weighted by Gasteiger charge is 2.17. The molecule has 240 valence electrons. The number of nitrogens with zero attached hydrogens (tertiary/aromatic N) is 2. The number of hydrogen-bond acceptors (Lipinski definition) is 0. The molecule has 8 aromatic carbocycles. The molecule has 51 heavy (non-hydrogen) atoms. The summed E-state index contributed by atoms with van der Waals surface area (Å²) in [5.74, 6) is 0. The van der Waals surface area contributed by atoms with E-state index in [0.717, 1.165) is 22.3 Å². The van der Waals surface area contributed by atoms with Gasteiger partial charge in [0.1, 0.15) is 0 Å². The molecule has 0 bridgehead atoms. The minimum atomic E-state index is -0.582. The lowest BCUT2D eigenvalue weighted by molar-refractivity contribution is 1.18. The van der Waals surface area contributed by atoms with Crippen LogP contribution in [0.3, 0.4) is 0 Å². The van der Waals surface area contributed by atoms with Crippen molar-refractivity contribution in [2.75, 3.05) is 0 Å². The molecule has 0 unspecified atom stereocenters. The van der Waals surface area contributed by atoms with Crippen molar-refractivity contribution in [1.29, 1.82) is 0 Å². The molecule has 0 atom stereocenters. The highest BCUT2D eigenvalue weighted by Crippen LogP contribution is 2.39. The van der Waals surface area contributed by atoms with Gasteiger partial charge in [-0.05, 0) is 106 Å². The third kappa shape index (κ3) is 4.87. The summed E-state index contributed by atoms with van der Waals surface area (Å²) in [7, 11) is 0. The number of benzene rings is 8. The second-order valence-corrected chi connectivity index (χ2v) is 12.4. The molecule has 2 heterocycles. The number of fused-ring (bicyclic) bond motifs is 6. The molecular formula is C49H34N2. The van der Waals surface area contributed by atoms with Crippen LogP contribution in [0.15, 0.2) is 188 Å². The molecule has 0 aliphatic carbocycles. The Morgan fingerprint density at radius 1 is 0.373 bits per heavy atom. The molecule has 0 radical (unpaired) electrons. The SMILES string of the molecule is [2H]c1c([2H])c([2H])c2c(c1[2H])c1c([2H])c(-c3c([2H])c([2H])c4c(c3[2H])c3c([2H])c([2H])c(C)c([2H])c3n4-c3ccc(-c4ccccc4)cc3)c([2H])c([2H])c1n2-c1cccc(-c2ccccc2)c1. The summed E-state index contributed by atoms with van der Waals surface area (Å²) >= 11 is 0. The zero-order valence-corrected chi connectivity index (χ0v) is 27.3. The maximum Gasteiger partial charge on any atom is 0.0648 e. The van der Waals surface area contributed by atoms with E-state index in [1.165, 1.54) is 4.57 Å². The first-order valence-corrected chi connectivity index (χ1v) is 16.6. The van der Waals surface area contributed by atoms with Gasteiger partial charge in [0.15, 0.2) is 0 Å². The number of rotatable bonds is 5. The molecule has 0 aliphatic heterocycles. The molecule has 0 N–H and O–H groups in total. The van der Waals surface area contributed by atoms with Crippen LogP contribution in [0.25, 0.3) is 88.4 Å². The topological polar surface area (TPSA) is 9.86 Å². The lowest BCUT2D eigenvalue weighted by atomic mass is 10.0. The van der Waals surface area contributed by atoms with Crippen LogP contribution >= 0.6 is 0 Å². The minimum Gasteiger partial charge on any atom is -0.309 e. The van der Waals surface area contributed by atoms with E-state index in [2.05, 4.69) is 0 Å². The molecule has 0 saturated heterocycles. The second-order valence-electron chi connectivity index (χ2n) is 12.4. The van der Waals surface area contributed by atoms with Gasteiger partial charge in [-0.25, -0.2) is 0 Å². The fourth-order valence-corrected chi connectivity index (χ4v) is 6.87. The largest absolute Gasteiger partial charge is 0.309 e. The summed E-state index contributed by atoms with van der Waals surface area (Å²) in [4.78, 5) is 0. The van der Waals surface area contributed by atoms with Gasteiger partial charge in [0.05, 0.1) is 39.9 Å². The predicted molar refractivity (Wildman–Crippen MR) is 216 cm³/mol. The Morgan fingerprint density at radius 3 is 1.61 bits per heavy atom. The number of aromatic nitrogens is 2. The predicted octanol–water partition coefficient (Wildman–Crippen LogP) is 13.2. The van der Waals surface area contributed by atoms with E-state index in [4.69, 9.17) is 6.85 Å². The van der Waals surface area contributed by atoms with E-state index >= 15 is 0 Å². The first-order valence-electron chi connectivity index (χ1n) is 23.1. The van der Waals surface area contributed by atoms with Gasteiger partial charge >= 0.3 is 0 Å². The zero-order chi connectivity index (χ0) is 45.2. The van der Waals surface area contributed by atoms with E-state index in [-0.39, 0.29) is 78.4 Å². The zero-order valence-electron chi connectivity index (χ0n) is 40.3. The molecule has 10 rings (SSSR count). The summed E-state index contributed by atoms with van der Waals surface area (Å²) in [6.07, 6.45) is 0. The molecule has 0 spiro atoms. The van der Waals surface area contributed by atoms with Crippen molar-refractivity contribution >= 4 is 43.6 Å². The normalized spacial score (nSPS) is 15.2. The van der Waals surface area contributed by atoms with Gasteiger partial charge in [0.2, 0.25) is 0 Å². The van der Waals surface area contributed by atoms with Crippen molar-refractivity contribution in [3.63, 3.8) is 0 Å². The first-order chi connectivity index (χ1) is 30.6. The molecule has 10 aromatic rings. The minimum absolute atomic E-state index is 0.0109. The van der Waals surface area contributed by atoms with Gasteiger partial charge in [-0.1, -0.05) is 127 Å². The maximum absolute atomic E-state index is 9.85. The Bertz CT molecular complexity index is 3640. The van der Waals surface area contributed by atoms with E-state index < -0.39 is 60.4 Å². The Hall–Kier alpha value is -6.64. The Morgan fingerprint density at radius 2 is 0.922 bits per heavy atom. The van der Waals surface area contributed by atoms with Crippen molar-refractivity contribution in [3.05, 3.63) is 193 Å². The maximum atomic E-state index is 9.85. The van der Waals surface area contributed by atoms with Crippen molar-refractivity contribution in [2.24, 2.45) is 0 Å². The molecule has 0 aliphatic rings. The standard InChI is InChI=1S/C49H34N2/c1-33-19-26-43-45-32-39(22-27-47(45)50(49(43)29-33)40-24-20-36(21-25-40)34-11-4-2-5-12-34)38-23-28-48-44(31-38)42-17-8-9-18-46(42)51(48)41-16-10-15-37(30-41)35-13-6-3-7-14-35/h2-32H,1H3/i8D,9D,17D,18D,19D,22D,23D,26D,27D,28D,29D,31D,32D. The molecule has 2 heteroatoms. The Labute approximate surface area is 315 Å². The molecule has 0 amide bonds. The third-order valence-corrected chi connectivity index (χ3v) is 9.26. The first kappa shape index (κ1) is 18.9. The average Bonchev–Trinajstić information content (AvgIpc) is 3.88. The van der Waals surface area contributed by atoms with Crippen LogP contribution in [0.4, 0.5) is 0 Å². The van der Waals surface area contributed by atoms with Crippen LogP contribution < -0.4 is 0 Å². The summed E-state index contributed by atoms with van der Waals surface area (Å²) in [6, 6.07) is 27.9. The van der Waals surface area contributed by atoms with Gasteiger partial charge in [0, 0.05) is 32.9 Å². The van der Waals surface area contributed by atoms with Crippen LogP contribution in [-0.2, 0) is 0 Å². The fraction of sp³-hybridized carbons (Fsp3) is 0.0204. The summed E-state index contributed by atoms with van der Waals surface area (Å²) in [5.41, 5.74) is 3.89. The van der Waals surface area contributed by atoms with E-state index in [9.17, 15) is 11.0 Å². The fourth-order valence-electron chi connectivity index (χ4n) is 6.87. The highest BCUT2D eigenvalue weighted by molar-refractivity contribution is 6.12. The molecule has 2 nitrogen and oxygen atoms in total. The Kier molecular flexibility index (Phi) is 4.36. The van der Waals surface area contributed by atoms with Crippen LogP contribution in [0, 0.1) is 6.92 Å². The van der Waals surface area contributed by atoms with E-state index in [1.54, 1.807) is 41.8 Å². The van der Waals surface area contributed by atoms with Crippen molar-refractivity contribution in [2.45, 2.75) is 6.92 Å². The van der Waals surface area contributed by atoms with E-state index in [1.807, 2.05) is 78.9 Å². The van der Waals surface area contributed by atoms with E-state index in [0.29, 0.717) is 11.4 Å². The smallest absolute Gasteiger partial charge is 0.0648 e. The molecule has 0 saturated carbocycles. The Balaban J connectivity index is 1.32. The number of hydrogen-bond donors (Lipinski definition) is 0. The van der Waals surface area contributed by atoms with Gasteiger partial charge in [-0.15, -0.1) is 0 Å². The monoisotopic (exact) mass is 663 g/mol. The van der Waals surface area contributed by atoms with Crippen LogP contribution in [0.1, 0.15) is 23.4 Å².